The van der Waals surface area contributed by atoms with Gasteiger partial charge in [0.05, 0.1) is 19.4 Å². The molecule has 0 bridgehead atoms. The van der Waals surface area contributed by atoms with Crippen molar-refractivity contribution in [2.24, 2.45) is 0 Å². The van der Waals surface area contributed by atoms with Crippen molar-refractivity contribution >= 4 is 17.6 Å². The summed E-state index contributed by atoms with van der Waals surface area (Å²) in [4.78, 5) is 31.4. The maximum atomic E-state index is 14.2. The van der Waals surface area contributed by atoms with Crippen LogP contribution >= 0.6 is 0 Å². The zero-order valence-electron chi connectivity index (χ0n) is 23.6. The Morgan fingerprint density at radius 2 is 1.76 bits per heavy atom. The first-order valence-electron chi connectivity index (χ1n) is 14.6. The summed E-state index contributed by atoms with van der Waals surface area (Å²) in [5.74, 6) is 0.00538. The van der Waals surface area contributed by atoms with Crippen LogP contribution in [0.3, 0.4) is 0 Å². The smallest absolute Gasteiger partial charge is 0.359 e. The monoisotopic (exact) mass is 558 g/mol. The van der Waals surface area contributed by atoms with Gasteiger partial charge in [-0.2, -0.15) is 5.10 Å². The molecule has 2 aliphatic carbocycles. The first kappa shape index (κ1) is 26.2. The Hall–Kier alpha value is -3.72. The Kier molecular flexibility index (Phi) is 6.19. The molecular weight excluding hydrogens is 523 g/mol. The van der Waals surface area contributed by atoms with Crippen LogP contribution in [-0.2, 0) is 15.6 Å². The largest absolute Gasteiger partial charge is 0.497 e. The number of likely N-dealkylation sites (tertiary alicyclic amines) is 1. The predicted octanol–water partition coefficient (Wildman–Crippen LogP) is 4.83. The number of nitrogens with zero attached hydrogens (tertiary/aromatic N) is 4. The summed E-state index contributed by atoms with van der Waals surface area (Å²) < 4.78 is 26.1. The SMILES string of the molecule is CCOC(=O)c1nn(-c2ccc(OC)cc2)c2c1C1(CC1)CN(c1ccc(C3(CN4CC[C@@H](F)C4)CC3)cc1)C2=O. The third-order valence-electron chi connectivity index (χ3n) is 9.35. The Morgan fingerprint density at radius 1 is 1.05 bits per heavy atom. The van der Waals surface area contributed by atoms with Gasteiger partial charge in [-0.25, -0.2) is 13.9 Å². The lowest BCUT2D eigenvalue weighted by atomic mass is 9.88. The molecule has 8 nitrogen and oxygen atoms in total. The summed E-state index contributed by atoms with van der Waals surface area (Å²) in [6.07, 6.45) is 3.86. The van der Waals surface area contributed by atoms with Crippen molar-refractivity contribution in [3.05, 3.63) is 71.0 Å². The van der Waals surface area contributed by atoms with Crippen LogP contribution in [-0.4, -0.2) is 72.6 Å². The number of alkyl halides is 1. The zero-order chi connectivity index (χ0) is 28.4. The maximum Gasteiger partial charge on any atom is 0.359 e. The quantitative estimate of drug-likeness (QED) is 0.369. The van der Waals surface area contributed by atoms with E-state index < -0.39 is 12.1 Å². The topological polar surface area (TPSA) is 76.9 Å². The van der Waals surface area contributed by atoms with Gasteiger partial charge in [-0.3, -0.25) is 9.69 Å². The first-order valence-corrected chi connectivity index (χ1v) is 14.6. The lowest BCUT2D eigenvalue weighted by Crippen LogP contribution is -2.44. The number of aromatic nitrogens is 2. The molecule has 2 saturated carbocycles. The van der Waals surface area contributed by atoms with Gasteiger partial charge in [0.25, 0.3) is 5.91 Å². The molecule has 4 aliphatic rings. The van der Waals surface area contributed by atoms with Gasteiger partial charge in [-0.05, 0) is 81.0 Å². The highest BCUT2D eigenvalue weighted by Crippen LogP contribution is 2.55. The minimum atomic E-state index is -0.714. The van der Waals surface area contributed by atoms with Gasteiger partial charge in [0.1, 0.15) is 17.6 Å². The number of halogens is 1. The minimum Gasteiger partial charge on any atom is -0.497 e. The fraction of sp³-hybridized carbons (Fsp3) is 0.469. The number of esters is 1. The molecule has 1 spiro atoms. The number of amides is 1. The van der Waals surface area contributed by atoms with Gasteiger partial charge >= 0.3 is 5.97 Å². The fourth-order valence-corrected chi connectivity index (χ4v) is 6.76. The van der Waals surface area contributed by atoms with Crippen LogP contribution in [0.25, 0.3) is 5.69 Å². The molecule has 214 valence electrons. The average Bonchev–Trinajstić information content (AvgIpc) is 3.86. The van der Waals surface area contributed by atoms with Crippen LogP contribution in [0.15, 0.2) is 48.5 Å². The van der Waals surface area contributed by atoms with Crippen LogP contribution < -0.4 is 9.64 Å². The zero-order valence-corrected chi connectivity index (χ0v) is 23.6. The van der Waals surface area contributed by atoms with Gasteiger partial charge in [0, 0.05) is 48.3 Å². The van der Waals surface area contributed by atoms with E-state index in [0.29, 0.717) is 42.2 Å². The molecule has 3 fully saturated rings. The molecule has 3 aromatic rings. The standard InChI is InChI=1S/C32H35FN4O4/c1-3-41-30(39)27-26-28(37(34-27)24-8-10-25(40-2)11-9-24)29(38)36(20-32(26)15-16-32)23-6-4-21(5-7-23)31(13-14-31)19-35-17-12-22(33)18-35/h4-11,22H,3,12-20H2,1-2H3/t22-/m1/s1. The van der Waals surface area contributed by atoms with Gasteiger partial charge < -0.3 is 14.4 Å². The van der Waals surface area contributed by atoms with Crippen LogP contribution in [0.2, 0.25) is 0 Å². The summed E-state index contributed by atoms with van der Waals surface area (Å²) in [5, 5.41) is 4.68. The molecule has 0 radical (unpaired) electrons. The van der Waals surface area contributed by atoms with E-state index in [9.17, 15) is 14.0 Å². The first-order chi connectivity index (χ1) is 19.9. The molecule has 2 aliphatic heterocycles. The molecule has 41 heavy (non-hydrogen) atoms. The lowest BCUT2D eigenvalue weighted by molar-refractivity contribution is 0.0516. The van der Waals surface area contributed by atoms with E-state index in [1.165, 1.54) is 5.56 Å². The normalized spacial score (nSPS) is 22.1. The molecule has 1 atom stereocenters. The molecule has 0 N–H and O–H groups in total. The van der Waals surface area contributed by atoms with Crippen molar-refractivity contribution in [1.29, 1.82) is 0 Å². The summed E-state index contributed by atoms with van der Waals surface area (Å²) in [6, 6.07) is 15.6. The second-order valence-electron chi connectivity index (χ2n) is 12.0. The Morgan fingerprint density at radius 3 is 2.34 bits per heavy atom. The van der Waals surface area contributed by atoms with Crippen LogP contribution in [0.4, 0.5) is 10.1 Å². The van der Waals surface area contributed by atoms with Gasteiger partial charge in [-0.15, -0.1) is 0 Å². The van der Waals surface area contributed by atoms with Gasteiger partial charge in [0.15, 0.2) is 5.69 Å². The van der Waals surface area contributed by atoms with E-state index in [0.717, 1.165) is 44.5 Å². The third-order valence-corrected chi connectivity index (χ3v) is 9.35. The number of fused-ring (bicyclic) bond motifs is 2. The van der Waals surface area contributed by atoms with E-state index >= 15 is 0 Å². The number of rotatable bonds is 8. The Bertz CT molecular complexity index is 1490. The van der Waals surface area contributed by atoms with E-state index in [4.69, 9.17) is 9.47 Å². The van der Waals surface area contributed by atoms with Crippen LogP contribution in [0, 0.1) is 0 Å². The summed E-state index contributed by atoms with van der Waals surface area (Å²) in [6.45, 7) is 4.74. The Labute approximate surface area is 239 Å². The summed E-state index contributed by atoms with van der Waals surface area (Å²) in [7, 11) is 1.60. The number of carbonyl (C=O) groups is 2. The van der Waals surface area contributed by atoms with E-state index in [1.54, 1.807) is 18.7 Å². The summed E-state index contributed by atoms with van der Waals surface area (Å²) >= 11 is 0. The number of ether oxygens (including phenoxy) is 2. The van der Waals surface area contributed by atoms with Gasteiger partial charge in [0.2, 0.25) is 0 Å². The van der Waals surface area contributed by atoms with E-state index in [1.807, 2.05) is 41.3 Å². The molecule has 7 rings (SSSR count). The van der Waals surface area contributed by atoms with Crippen molar-refractivity contribution in [2.45, 2.75) is 56.0 Å². The van der Waals surface area contributed by atoms with E-state index in [2.05, 4.69) is 22.1 Å². The molecule has 1 amide bonds. The van der Waals surface area contributed by atoms with Crippen molar-refractivity contribution in [2.75, 3.05) is 44.8 Å². The van der Waals surface area contributed by atoms with Crippen molar-refractivity contribution in [3.8, 4) is 11.4 Å². The third kappa shape index (κ3) is 4.41. The maximum absolute atomic E-state index is 14.2. The summed E-state index contributed by atoms with van der Waals surface area (Å²) in [5.41, 5.74) is 3.86. The number of hydrogen-bond acceptors (Lipinski definition) is 6. The molecular formula is C32H35FN4O4. The predicted molar refractivity (Wildman–Crippen MR) is 152 cm³/mol. The number of carbonyl (C=O) groups excluding carboxylic acids is 2. The van der Waals surface area contributed by atoms with Crippen molar-refractivity contribution in [1.82, 2.24) is 14.7 Å². The number of hydrogen-bond donors (Lipinski definition) is 0. The molecule has 9 heteroatoms. The van der Waals surface area contributed by atoms with Crippen molar-refractivity contribution in [3.63, 3.8) is 0 Å². The average molecular weight is 559 g/mol. The van der Waals surface area contributed by atoms with Crippen LogP contribution in [0.5, 0.6) is 5.75 Å². The highest BCUT2D eigenvalue weighted by Gasteiger charge is 2.56. The number of benzene rings is 2. The van der Waals surface area contributed by atoms with Gasteiger partial charge in [-0.1, -0.05) is 12.1 Å². The lowest BCUT2D eigenvalue weighted by Gasteiger charge is -2.34. The highest BCUT2D eigenvalue weighted by molar-refractivity contribution is 6.10. The number of methoxy groups -OCH3 is 1. The van der Waals surface area contributed by atoms with Crippen molar-refractivity contribution < 1.29 is 23.5 Å². The minimum absolute atomic E-state index is 0.0842. The molecule has 1 saturated heterocycles. The van der Waals surface area contributed by atoms with E-state index in [-0.39, 0.29) is 29.0 Å². The molecule has 2 aromatic carbocycles. The number of anilines is 1. The second-order valence-corrected chi connectivity index (χ2v) is 12.0. The van der Waals surface area contributed by atoms with Crippen LogP contribution in [0.1, 0.15) is 71.1 Å². The highest BCUT2D eigenvalue weighted by atomic mass is 19.1. The second kappa shape index (κ2) is 9.69. The Balaban J connectivity index is 1.23. The molecule has 1 aromatic heterocycles. The molecule has 3 heterocycles. The fourth-order valence-electron chi connectivity index (χ4n) is 6.76. The molecule has 0 unspecified atom stereocenters.